The maximum atomic E-state index is 4.61. The average Bonchev–Trinajstić information content (AvgIpc) is 2.64. The zero-order valence-electron chi connectivity index (χ0n) is 12.7. The van der Waals surface area contributed by atoms with E-state index in [0.29, 0.717) is 0 Å². The fraction of sp³-hybridized carbons (Fsp3) is 0.0556. The van der Waals surface area contributed by atoms with Crippen molar-refractivity contribution in [1.82, 2.24) is 9.97 Å². The summed E-state index contributed by atoms with van der Waals surface area (Å²) in [7, 11) is 0. The standard InChI is InChI=1S/C18H16N4S/c1-23-18-19-12-15(13-20-18)14-21-22(16-8-4-2-5-9-16)17-10-6-3-7-11-17/h2-14H,1H3/b21-14+. The van der Waals surface area contributed by atoms with Crippen LogP contribution >= 0.6 is 11.8 Å². The molecule has 0 spiro atoms. The van der Waals surface area contributed by atoms with E-state index in [9.17, 15) is 0 Å². The zero-order valence-corrected chi connectivity index (χ0v) is 13.5. The van der Waals surface area contributed by atoms with Gasteiger partial charge in [0.2, 0.25) is 0 Å². The van der Waals surface area contributed by atoms with Crippen molar-refractivity contribution in [3.63, 3.8) is 0 Å². The van der Waals surface area contributed by atoms with E-state index in [-0.39, 0.29) is 0 Å². The molecule has 0 saturated carbocycles. The van der Waals surface area contributed by atoms with Crippen LogP contribution in [-0.2, 0) is 0 Å². The molecule has 3 aromatic rings. The van der Waals surface area contributed by atoms with Crippen LogP contribution in [0.3, 0.4) is 0 Å². The topological polar surface area (TPSA) is 41.4 Å². The van der Waals surface area contributed by atoms with Crippen molar-refractivity contribution in [3.05, 3.63) is 78.6 Å². The fourth-order valence-corrected chi connectivity index (χ4v) is 2.36. The lowest BCUT2D eigenvalue weighted by molar-refractivity contribution is 0.965. The molecule has 0 amide bonds. The Labute approximate surface area is 139 Å². The van der Waals surface area contributed by atoms with Crippen molar-refractivity contribution in [2.45, 2.75) is 5.16 Å². The summed E-state index contributed by atoms with van der Waals surface area (Å²) in [5.74, 6) is 0. The monoisotopic (exact) mass is 320 g/mol. The van der Waals surface area contributed by atoms with Crippen LogP contribution in [0.2, 0.25) is 0 Å². The third-order valence-corrected chi connectivity index (χ3v) is 3.73. The van der Waals surface area contributed by atoms with Crippen molar-refractivity contribution in [3.8, 4) is 0 Å². The maximum absolute atomic E-state index is 4.61. The lowest BCUT2D eigenvalue weighted by atomic mass is 10.2. The normalized spacial score (nSPS) is 10.8. The molecule has 1 aromatic heterocycles. The van der Waals surface area contributed by atoms with E-state index in [1.807, 2.05) is 71.9 Å². The molecule has 0 saturated heterocycles. The van der Waals surface area contributed by atoms with Gasteiger partial charge in [-0.25, -0.2) is 15.0 Å². The van der Waals surface area contributed by atoms with E-state index in [1.165, 1.54) is 11.8 Å². The van der Waals surface area contributed by atoms with Crippen LogP contribution in [0.15, 0.2) is 83.3 Å². The molecule has 0 N–H and O–H groups in total. The van der Waals surface area contributed by atoms with Crippen LogP contribution < -0.4 is 5.01 Å². The van der Waals surface area contributed by atoms with Gasteiger partial charge >= 0.3 is 0 Å². The van der Waals surface area contributed by atoms with Gasteiger partial charge in [-0.3, -0.25) is 0 Å². The molecule has 0 aliphatic carbocycles. The van der Waals surface area contributed by atoms with Crippen molar-refractivity contribution in [2.24, 2.45) is 5.10 Å². The summed E-state index contributed by atoms with van der Waals surface area (Å²) in [6, 6.07) is 20.1. The van der Waals surface area contributed by atoms with Gasteiger partial charge in [-0.1, -0.05) is 48.2 Å². The van der Waals surface area contributed by atoms with Crippen molar-refractivity contribution in [1.29, 1.82) is 0 Å². The SMILES string of the molecule is CSc1ncc(/C=N/N(c2ccccc2)c2ccccc2)cn1. The lowest BCUT2D eigenvalue weighted by Gasteiger charge is -2.19. The van der Waals surface area contributed by atoms with Gasteiger partial charge in [0.05, 0.1) is 17.6 Å². The second kappa shape index (κ2) is 7.56. The number of anilines is 2. The molecular weight excluding hydrogens is 304 g/mol. The quantitative estimate of drug-likeness (QED) is 0.303. The molecule has 0 atom stereocenters. The van der Waals surface area contributed by atoms with E-state index >= 15 is 0 Å². The highest BCUT2D eigenvalue weighted by molar-refractivity contribution is 7.98. The van der Waals surface area contributed by atoms with Gasteiger partial charge in [0.1, 0.15) is 0 Å². The van der Waals surface area contributed by atoms with Gasteiger partial charge < -0.3 is 0 Å². The highest BCUT2D eigenvalue weighted by Crippen LogP contribution is 2.25. The summed E-state index contributed by atoms with van der Waals surface area (Å²) in [5, 5.41) is 7.26. The number of hydrogen-bond acceptors (Lipinski definition) is 5. The summed E-state index contributed by atoms with van der Waals surface area (Å²) in [6.07, 6.45) is 7.27. The lowest BCUT2D eigenvalue weighted by Crippen LogP contribution is -2.09. The second-order valence-corrected chi connectivity index (χ2v) is 5.50. The molecule has 114 valence electrons. The van der Waals surface area contributed by atoms with Gasteiger partial charge in [0, 0.05) is 18.0 Å². The molecule has 0 bridgehead atoms. The minimum atomic E-state index is 0.755. The number of aromatic nitrogens is 2. The zero-order chi connectivity index (χ0) is 15.9. The smallest absolute Gasteiger partial charge is 0.187 e. The second-order valence-electron chi connectivity index (χ2n) is 4.73. The van der Waals surface area contributed by atoms with Gasteiger partial charge in [-0.15, -0.1) is 0 Å². The predicted molar refractivity (Wildman–Crippen MR) is 96.4 cm³/mol. The summed E-state index contributed by atoms with van der Waals surface area (Å²) in [5.41, 5.74) is 2.85. The summed E-state index contributed by atoms with van der Waals surface area (Å²) < 4.78 is 0. The Morgan fingerprint density at radius 1 is 0.870 bits per heavy atom. The molecule has 0 radical (unpaired) electrons. The van der Waals surface area contributed by atoms with Gasteiger partial charge in [0.15, 0.2) is 5.16 Å². The summed E-state index contributed by atoms with van der Waals surface area (Å²) in [4.78, 5) is 8.53. The number of rotatable bonds is 5. The molecule has 0 aliphatic heterocycles. The molecule has 1 heterocycles. The number of hydrogen-bond donors (Lipinski definition) is 0. The molecule has 3 rings (SSSR count). The highest BCUT2D eigenvalue weighted by Gasteiger charge is 2.06. The van der Waals surface area contributed by atoms with E-state index < -0.39 is 0 Å². The Morgan fingerprint density at radius 2 is 1.39 bits per heavy atom. The molecule has 5 heteroatoms. The first-order valence-corrected chi connectivity index (χ1v) is 8.39. The van der Waals surface area contributed by atoms with Crippen molar-refractivity contribution < 1.29 is 0 Å². The van der Waals surface area contributed by atoms with Crippen LogP contribution in [0.25, 0.3) is 0 Å². The Kier molecular flexibility index (Phi) is 5.01. The first-order chi connectivity index (χ1) is 11.4. The van der Waals surface area contributed by atoms with Crippen LogP contribution in [0.4, 0.5) is 11.4 Å². The van der Waals surface area contributed by atoms with Gasteiger partial charge in [-0.2, -0.15) is 5.10 Å². The fourth-order valence-electron chi connectivity index (χ4n) is 2.04. The molecule has 0 fully saturated rings. The Morgan fingerprint density at radius 3 is 1.87 bits per heavy atom. The van der Waals surface area contributed by atoms with Crippen LogP contribution in [0, 0.1) is 0 Å². The van der Waals surface area contributed by atoms with E-state index in [4.69, 9.17) is 0 Å². The third kappa shape index (κ3) is 3.96. The molecule has 0 unspecified atom stereocenters. The largest absolute Gasteiger partial charge is 0.234 e. The average molecular weight is 320 g/mol. The number of benzene rings is 2. The Balaban J connectivity index is 1.91. The Hall–Kier alpha value is -2.66. The van der Waals surface area contributed by atoms with Gasteiger partial charge in [-0.05, 0) is 30.5 Å². The van der Waals surface area contributed by atoms with Gasteiger partial charge in [0.25, 0.3) is 0 Å². The number of nitrogens with zero attached hydrogens (tertiary/aromatic N) is 4. The van der Waals surface area contributed by atoms with E-state index in [0.717, 1.165) is 22.1 Å². The summed E-state index contributed by atoms with van der Waals surface area (Å²) in [6.45, 7) is 0. The van der Waals surface area contributed by atoms with Crippen LogP contribution in [0.5, 0.6) is 0 Å². The third-order valence-electron chi connectivity index (χ3n) is 3.15. The minimum Gasteiger partial charge on any atom is -0.234 e. The number of hydrazone groups is 1. The van der Waals surface area contributed by atoms with Crippen LogP contribution in [0.1, 0.15) is 5.56 Å². The molecular formula is C18H16N4S. The number of thioether (sulfide) groups is 1. The molecule has 4 nitrogen and oxygen atoms in total. The highest BCUT2D eigenvalue weighted by atomic mass is 32.2. The predicted octanol–water partition coefficient (Wildman–Crippen LogP) is 4.37. The first kappa shape index (κ1) is 15.2. The first-order valence-electron chi connectivity index (χ1n) is 7.17. The maximum Gasteiger partial charge on any atom is 0.187 e. The van der Waals surface area contributed by atoms with Crippen molar-refractivity contribution >= 4 is 29.4 Å². The van der Waals surface area contributed by atoms with Crippen molar-refractivity contribution in [2.75, 3.05) is 11.3 Å². The molecule has 0 aliphatic rings. The van der Waals surface area contributed by atoms with Crippen LogP contribution in [-0.4, -0.2) is 22.4 Å². The minimum absolute atomic E-state index is 0.755. The Bertz CT molecular complexity index is 719. The summed E-state index contributed by atoms with van der Waals surface area (Å²) >= 11 is 1.52. The molecule has 23 heavy (non-hydrogen) atoms. The van der Waals surface area contributed by atoms with E-state index in [1.54, 1.807) is 18.6 Å². The van der Waals surface area contributed by atoms with E-state index in [2.05, 4.69) is 15.1 Å². The number of para-hydroxylation sites is 2. The molecule has 2 aromatic carbocycles.